The third-order valence-electron chi connectivity index (χ3n) is 3.24. The number of benzene rings is 1. The highest BCUT2D eigenvalue weighted by atomic mass is 35.5. The Morgan fingerprint density at radius 2 is 2.00 bits per heavy atom. The van der Waals surface area contributed by atoms with E-state index in [4.69, 9.17) is 23.1 Å². The van der Waals surface area contributed by atoms with Gasteiger partial charge in [-0.1, -0.05) is 37.9 Å². The van der Waals surface area contributed by atoms with Gasteiger partial charge < -0.3 is 11.5 Å². The molecule has 0 aliphatic carbocycles. The summed E-state index contributed by atoms with van der Waals surface area (Å²) >= 11 is 6.06. The molecule has 0 aliphatic heterocycles. The second-order valence-electron chi connectivity index (χ2n) is 5.49. The van der Waals surface area contributed by atoms with Crippen LogP contribution in [-0.2, 0) is 5.41 Å². The van der Waals surface area contributed by atoms with Crippen molar-refractivity contribution < 1.29 is 0 Å². The fourth-order valence-corrected chi connectivity index (χ4v) is 2.14. The zero-order valence-electron chi connectivity index (χ0n) is 11.0. The van der Waals surface area contributed by atoms with Crippen LogP contribution in [0.1, 0.15) is 45.6 Å². The Hall–Kier alpha value is -0.730. The molecule has 0 amide bonds. The van der Waals surface area contributed by atoms with Gasteiger partial charge in [0.2, 0.25) is 0 Å². The maximum atomic E-state index is 6.06. The van der Waals surface area contributed by atoms with E-state index in [0.717, 1.165) is 19.3 Å². The van der Waals surface area contributed by atoms with Crippen molar-refractivity contribution in [3.63, 3.8) is 0 Å². The van der Waals surface area contributed by atoms with Crippen LogP contribution < -0.4 is 11.5 Å². The van der Waals surface area contributed by atoms with Crippen LogP contribution in [0.5, 0.6) is 0 Å². The van der Waals surface area contributed by atoms with E-state index >= 15 is 0 Å². The Morgan fingerprint density at radius 1 is 1.35 bits per heavy atom. The first kappa shape index (κ1) is 14.3. The molecule has 0 aromatic heterocycles. The maximum Gasteiger partial charge on any atom is 0.0638 e. The molecule has 1 aromatic rings. The molecule has 1 unspecified atom stereocenters. The summed E-state index contributed by atoms with van der Waals surface area (Å²) in [7, 11) is 0. The van der Waals surface area contributed by atoms with Crippen molar-refractivity contribution in [3.8, 4) is 0 Å². The lowest BCUT2D eigenvalue weighted by Gasteiger charge is -2.26. The van der Waals surface area contributed by atoms with E-state index in [1.165, 1.54) is 5.56 Å². The van der Waals surface area contributed by atoms with Gasteiger partial charge in [-0.2, -0.15) is 0 Å². The third kappa shape index (κ3) is 4.21. The standard InChI is InChI=1S/C14H23ClN2/c1-10(16)5-4-8-14(2,3)11-6-7-13(17)12(15)9-11/h6-7,9-10H,4-5,8,16-17H2,1-3H3. The van der Waals surface area contributed by atoms with Crippen molar-refractivity contribution in [2.24, 2.45) is 5.73 Å². The van der Waals surface area contributed by atoms with Crippen molar-refractivity contribution in [3.05, 3.63) is 28.8 Å². The molecule has 1 rings (SSSR count). The molecule has 0 radical (unpaired) electrons. The number of hydrogen-bond acceptors (Lipinski definition) is 2. The van der Waals surface area contributed by atoms with Gasteiger partial charge in [-0.3, -0.25) is 0 Å². The van der Waals surface area contributed by atoms with Crippen molar-refractivity contribution >= 4 is 17.3 Å². The number of anilines is 1. The minimum atomic E-state index is 0.117. The Labute approximate surface area is 109 Å². The summed E-state index contributed by atoms with van der Waals surface area (Å²) in [6, 6.07) is 6.20. The fraction of sp³-hybridized carbons (Fsp3) is 0.571. The SMILES string of the molecule is CC(N)CCCC(C)(C)c1ccc(N)c(Cl)c1. The van der Waals surface area contributed by atoms with Gasteiger partial charge >= 0.3 is 0 Å². The zero-order valence-corrected chi connectivity index (χ0v) is 11.7. The normalized spacial score (nSPS) is 13.7. The number of hydrogen-bond donors (Lipinski definition) is 2. The summed E-state index contributed by atoms with van der Waals surface area (Å²) in [5.41, 5.74) is 13.5. The Balaban J connectivity index is 2.71. The molecule has 0 bridgehead atoms. The topological polar surface area (TPSA) is 52.0 Å². The molecule has 1 aromatic carbocycles. The molecular formula is C14H23ClN2. The van der Waals surface area contributed by atoms with Crippen molar-refractivity contribution in [1.29, 1.82) is 0 Å². The lowest BCUT2D eigenvalue weighted by molar-refractivity contribution is 0.440. The summed E-state index contributed by atoms with van der Waals surface area (Å²) in [6.07, 6.45) is 3.30. The second-order valence-corrected chi connectivity index (χ2v) is 5.90. The van der Waals surface area contributed by atoms with E-state index < -0.39 is 0 Å². The Bertz CT molecular complexity index is 372. The summed E-state index contributed by atoms with van der Waals surface area (Å²) in [4.78, 5) is 0. The summed E-state index contributed by atoms with van der Waals surface area (Å²) < 4.78 is 0. The molecular weight excluding hydrogens is 232 g/mol. The van der Waals surface area contributed by atoms with Crippen LogP contribution in [0.2, 0.25) is 5.02 Å². The van der Waals surface area contributed by atoms with Crippen LogP contribution in [0.3, 0.4) is 0 Å². The molecule has 0 saturated heterocycles. The van der Waals surface area contributed by atoms with Gasteiger partial charge in [0.25, 0.3) is 0 Å². The van der Waals surface area contributed by atoms with Gasteiger partial charge in [0.05, 0.1) is 10.7 Å². The second kappa shape index (κ2) is 5.74. The lowest BCUT2D eigenvalue weighted by Crippen LogP contribution is -2.20. The quantitative estimate of drug-likeness (QED) is 0.787. The van der Waals surface area contributed by atoms with E-state index in [9.17, 15) is 0 Å². The van der Waals surface area contributed by atoms with E-state index in [1.807, 2.05) is 19.1 Å². The van der Waals surface area contributed by atoms with Gasteiger partial charge in [-0.25, -0.2) is 0 Å². The first-order chi connectivity index (χ1) is 7.83. The highest BCUT2D eigenvalue weighted by Gasteiger charge is 2.20. The van der Waals surface area contributed by atoms with Gasteiger partial charge in [-0.15, -0.1) is 0 Å². The van der Waals surface area contributed by atoms with Crippen LogP contribution in [-0.4, -0.2) is 6.04 Å². The summed E-state index contributed by atoms with van der Waals surface area (Å²) in [5.74, 6) is 0. The molecule has 1 atom stereocenters. The van der Waals surface area contributed by atoms with E-state index in [1.54, 1.807) is 0 Å². The fourth-order valence-electron chi connectivity index (χ4n) is 1.96. The maximum absolute atomic E-state index is 6.06. The first-order valence-electron chi connectivity index (χ1n) is 6.14. The summed E-state index contributed by atoms with van der Waals surface area (Å²) in [5, 5.41) is 0.641. The van der Waals surface area contributed by atoms with Crippen LogP contribution in [0, 0.1) is 0 Å². The van der Waals surface area contributed by atoms with Crippen molar-refractivity contribution in [2.45, 2.75) is 51.5 Å². The number of nitrogens with two attached hydrogens (primary N) is 2. The summed E-state index contributed by atoms with van der Waals surface area (Å²) in [6.45, 7) is 6.51. The lowest BCUT2D eigenvalue weighted by atomic mass is 9.80. The smallest absolute Gasteiger partial charge is 0.0638 e. The van der Waals surface area contributed by atoms with Gasteiger partial charge in [-0.05, 0) is 42.9 Å². The van der Waals surface area contributed by atoms with Crippen LogP contribution in [0.4, 0.5) is 5.69 Å². The molecule has 96 valence electrons. The number of halogens is 1. The van der Waals surface area contributed by atoms with Crippen LogP contribution in [0.15, 0.2) is 18.2 Å². The monoisotopic (exact) mass is 254 g/mol. The molecule has 0 fully saturated rings. The minimum Gasteiger partial charge on any atom is -0.398 e. The molecule has 3 heteroatoms. The zero-order chi connectivity index (χ0) is 13.1. The molecule has 0 spiro atoms. The molecule has 0 heterocycles. The number of rotatable bonds is 5. The van der Waals surface area contributed by atoms with Crippen LogP contribution >= 0.6 is 11.6 Å². The van der Waals surface area contributed by atoms with E-state index in [-0.39, 0.29) is 11.5 Å². The highest BCUT2D eigenvalue weighted by Crippen LogP contribution is 2.32. The highest BCUT2D eigenvalue weighted by molar-refractivity contribution is 6.33. The van der Waals surface area contributed by atoms with Gasteiger partial charge in [0.1, 0.15) is 0 Å². The Morgan fingerprint density at radius 3 is 2.53 bits per heavy atom. The average molecular weight is 255 g/mol. The third-order valence-corrected chi connectivity index (χ3v) is 3.57. The molecule has 0 saturated carbocycles. The number of nitrogen functional groups attached to an aromatic ring is 1. The molecule has 0 aliphatic rings. The molecule has 17 heavy (non-hydrogen) atoms. The first-order valence-corrected chi connectivity index (χ1v) is 6.52. The predicted octanol–water partition coefficient (Wildman–Crippen LogP) is 3.72. The largest absolute Gasteiger partial charge is 0.398 e. The van der Waals surface area contributed by atoms with E-state index in [0.29, 0.717) is 10.7 Å². The van der Waals surface area contributed by atoms with E-state index in [2.05, 4.69) is 19.9 Å². The Kier molecular flexibility index (Phi) is 4.84. The molecule has 2 nitrogen and oxygen atoms in total. The van der Waals surface area contributed by atoms with Crippen molar-refractivity contribution in [1.82, 2.24) is 0 Å². The van der Waals surface area contributed by atoms with Crippen LogP contribution in [0.25, 0.3) is 0 Å². The predicted molar refractivity (Wildman–Crippen MR) is 76.4 cm³/mol. The molecule has 4 N–H and O–H groups in total. The van der Waals surface area contributed by atoms with Crippen molar-refractivity contribution in [2.75, 3.05) is 5.73 Å². The van der Waals surface area contributed by atoms with Gasteiger partial charge in [0.15, 0.2) is 0 Å². The van der Waals surface area contributed by atoms with Gasteiger partial charge in [0, 0.05) is 6.04 Å². The average Bonchev–Trinajstić information content (AvgIpc) is 2.21. The minimum absolute atomic E-state index is 0.117.